The van der Waals surface area contributed by atoms with E-state index in [1.54, 1.807) is 18.7 Å². The van der Waals surface area contributed by atoms with Crippen molar-refractivity contribution in [3.63, 3.8) is 0 Å². The molecule has 1 aliphatic heterocycles. The largest absolute Gasteiger partial charge is 0.348 e. The summed E-state index contributed by atoms with van der Waals surface area (Å²) in [4.78, 5) is 37.7. The van der Waals surface area contributed by atoms with Crippen molar-refractivity contribution in [1.29, 1.82) is 0 Å². The average molecular weight is 291 g/mol. The number of aromatic nitrogens is 4. The molecule has 0 fully saturated rings. The van der Waals surface area contributed by atoms with Crippen LogP contribution in [0.25, 0.3) is 0 Å². The molecule has 0 aliphatic carbocycles. The normalized spacial score (nSPS) is 14.1. The molecule has 2 aromatic rings. The zero-order chi connectivity index (χ0) is 15.1. The highest BCUT2D eigenvalue weighted by Crippen LogP contribution is 2.23. The van der Waals surface area contributed by atoms with Crippen LogP contribution in [-0.2, 0) is 13.0 Å². The van der Waals surface area contributed by atoms with Gasteiger partial charge in [-0.2, -0.15) is 0 Å². The van der Waals surface area contributed by atoms with Crippen LogP contribution in [0.1, 0.15) is 22.8 Å². The fourth-order valence-corrected chi connectivity index (χ4v) is 2.55. The molecule has 0 aromatic carbocycles. The molecule has 21 heavy (non-hydrogen) atoms. The first-order valence-electron chi connectivity index (χ1n) is 6.55. The monoisotopic (exact) mass is 291 g/mol. The smallest absolute Gasteiger partial charge is 0.325 e. The van der Waals surface area contributed by atoms with Gasteiger partial charge >= 0.3 is 5.69 Å². The van der Waals surface area contributed by atoms with Crippen LogP contribution in [0.15, 0.2) is 9.59 Å². The second-order valence-corrected chi connectivity index (χ2v) is 5.03. The Balaban J connectivity index is 2.04. The van der Waals surface area contributed by atoms with E-state index in [0.717, 1.165) is 0 Å². The Morgan fingerprint density at radius 2 is 1.95 bits per heavy atom. The molecule has 0 unspecified atom stereocenters. The van der Waals surface area contributed by atoms with Crippen molar-refractivity contribution in [2.24, 2.45) is 0 Å². The van der Waals surface area contributed by atoms with Crippen LogP contribution in [0.2, 0.25) is 0 Å². The van der Waals surface area contributed by atoms with Crippen LogP contribution in [0.4, 0.5) is 10.2 Å². The first-order chi connectivity index (χ1) is 9.95. The number of aromatic amines is 2. The third-order valence-corrected chi connectivity index (χ3v) is 3.52. The number of hydrogen-bond acceptors (Lipinski definition) is 5. The van der Waals surface area contributed by atoms with Gasteiger partial charge in [0.05, 0.1) is 12.2 Å². The zero-order valence-corrected chi connectivity index (χ0v) is 11.7. The third-order valence-electron chi connectivity index (χ3n) is 3.52. The van der Waals surface area contributed by atoms with Crippen LogP contribution in [0.3, 0.4) is 0 Å². The van der Waals surface area contributed by atoms with Crippen LogP contribution in [0, 0.1) is 19.7 Å². The molecule has 110 valence electrons. The van der Waals surface area contributed by atoms with E-state index in [-0.39, 0.29) is 23.6 Å². The molecule has 7 nitrogen and oxygen atoms in total. The molecule has 0 amide bonds. The van der Waals surface area contributed by atoms with Crippen LogP contribution in [-0.4, -0.2) is 26.5 Å². The quantitative estimate of drug-likeness (QED) is 0.781. The lowest BCUT2D eigenvalue weighted by atomic mass is 10.1. The Morgan fingerprint density at radius 3 is 2.71 bits per heavy atom. The standard InChI is InChI=1S/C13H14FN5O2/c1-6-10(14)11(16-7(2)15-6)19-4-3-8-9(5-19)17-13(21)18-12(8)20/h3-5H2,1-2H3,(H2,17,18,20,21). The van der Waals surface area contributed by atoms with Gasteiger partial charge in [0.15, 0.2) is 11.6 Å². The van der Waals surface area contributed by atoms with Crippen molar-refractivity contribution in [3.05, 3.63) is 49.4 Å². The predicted molar refractivity (Wildman–Crippen MR) is 73.9 cm³/mol. The highest BCUT2D eigenvalue weighted by atomic mass is 19.1. The van der Waals surface area contributed by atoms with Gasteiger partial charge < -0.3 is 9.88 Å². The topological polar surface area (TPSA) is 94.7 Å². The van der Waals surface area contributed by atoms with Gasteiger partial charge in [-0.1, -0.05) is 0 Å². The van der Waals surface area contributed by atoms with E-state index >= 15 is 0 Å². The van der Waals surface area contributed by atoms with Gasteiger partial charge in [-0.3, -0.25) is 9.78 Å². The molecule has 0 saturated heterocycles. The number of fused-ring (bicyclic) bond motifs is 1. The Hall–Kier alpha value is -2.51. The molecule has 2 aromatic heterocycles. The van der Waals surface area contributed by atoms with Gasteiger partial charge in [-0.05, 0) is 20.3 Å². The van der Waals surface area contributed by atoms with E-state index in [1.165, 1.54) is 0 Å². The van der Waals surface area contributed by atoms with Crippen LogP contribution >= 0.6 is 0 Å². The molecule has 0 spiro atoms. The minimum atomic E-state index is -0.559. The second kappa shape index (κ2) is 4.80. The minimum absolute atomic E-state index is 0.201. The first-order valence-corrected chi connectivity index (χ1v) is 6.55. The predicted octanol–water partition coefficient (Wildman–Crippen LogP) is 0.172. The summed E-state index contributed by atoms with van der Waals surface area (Å²) in [7, 11) is 0. The Bertz CT molecular complexity index is 826. The van der Waals surface area contributed by atoms with Crippen molar-refractivity contribution in [1.82, 2.24) is 19.9 Å². The maximum absolute atomic E-state index is 14.2. The summed E-state index contributed by atoms with van der Waals surface area (Å²) in [6.45, 7) is 3.97. The zero-order valence-electron chi connectivity index (χ0n) is 11.7. The van der Waals surface area contributed by atoms with E-state index in [4.69, 9.17) is 0 Å². The summed E-state index contributed by atoms with van der Waals surface area (Å²) < 4.78 is 14.2. The number of nitrogens with zero attached hydrogens (tertiary/aromatic N) is 3. The summed E-state index contributed by atoms with van der Waals surface area (Å²) in [6, 6.07) is 0. The number of hydrogen-bond donors (Lipinski definition) is 2. The van der Waals surface area contributed by atoms with Gasteiger partial charge in [0.1, 0.15) is 5.82 Å². The number of nitrogens with one attached hydrogen (secondary N) is 2. The van der Waals surface area contributed by atoms with E-state index in [2.05, 4.69) is 19.9 Å². The molecule has 8 heteroatoms. The molecule has 0 radical (unpaired) electrons. The molecule has 2 N–H and O–H groups in total. The van der Waals surface area contributed by atoms with Crippen molar-refractivity contribution in [3.8, 4) is 0 Å². The fraction of sp³-hybridized carbons (Fsp3) is 0.385. The second-order valence-electron chi connectivity index (χ2n) is 5.03. The Morgan fingerprint density at radius 1 is 1.19 bits per heavy atom. The maximum atomic E-state index is 14.2. The third kappa shape index (κ3) is 2.32. The van der Waals surface area contributed by atoms with Gasteiger partial charge in [0.25, 0.3) is 5.56 Å². The van der Waals surface area contributed by atoms with E-state index < -0.39 is 11.5 Å². The molecule has 3 rings (SSSR count). The lowest BCUT2D eigenvalue weighted by Gasteiger charge is -2.29. The summed E-state index contributed by atoms with van der Waals surface area (Å²) in [5, 5.41) is 0. The van der Waals surface area contributed by atoms with Crippen molar-refractivity contribution in [2.45, 2.75) is 26.8 Å². The molecular formula is C13H14FN5O2. The minimum Gasteiger partial charge on any atom is -0.348 e. The molecule has 0 bridgehead atoms. The number of halogens is 1. The van der Waals surface area contributed by atoms with Crippen molar-refractivity contribution >= 4 is 5.82 Å². The first kappa shape index (κ1) is 13.5. The van der Waals surface area contributed by atoms with Gasteiger partial charge in [-0.15, -0.1) is 0 Å². The fourth-order valence-electron chi connectivity index (χ4n) is 2.55. The molecule has 0 saturated carbocycles. The van der Waals surface area contributed by atoms with Crippen LogP contribution < -0.4 is 16.1 Å². The average Bonchev–Trinajstić information content (AvgIpc) is 2.42. The molecular weight excluding hydrogens is 277 g/mol. The number of anilines is 1. The number of H-pyrrole nitrogens is 2. The summed E-state index contributed by atoms with van der Waals surface area (Å²) >= 11 is 0. The molecule has 1 aliphatic rings. The van der Waals surface area contributed by atoms with Gasteiger partial charge in [0.2, 0.25) is 0 Å². The lowest BCUT2D eigenvalue weighted by Crippen LogP contribution is -2.39. The summed E-state index contributed by atoms with van der Waals surface area (Å²) in [5.74, 6) is 0.206. The summed E-state index contributed by atoms with van der Waals surface area (Å²) in [5.41, 5.74) is 0.375. The molecule has 3 heterocycles. The highest BCUT2D eigenvalue weighted by molar-refractivity contribution is 5.44. The van der Waals surface area contributed by atoms with Crippen LogP contribution in [0.5, 0.6) is 0 Å². The lowest BCUT2D eigenvalue weighted by molar-refractivity contribution is 0.577. The Kier molecular flexibility index (Phi) is 3.08. The van der Waals surface area contributed by atoms with Gasteiger partial charge in [-0.25, -0.2) is 19.2 Å². The molecule has 0 atom stereocenters. The van der Waals surface area contributed by atoms with E-state index in [0.29, 0.717) is 30.0 Å². The number of rotatable bonds is 1. The van der Waals surface area contributed by atoms with E-state index in [1.807, 2.05) is 0 Å². The Labute approximate surface area is 118 Å². The maximum Gasteiger partial charge on any atom is 0.325 e. The summed E-state index contributed by atoms with van der Waals surface area (Å²) in [6.07, 6.45) is 0.420. The number of aryl methyl sites for hydroxylation is 2. The van der Waals surface area contributed by atoms with Crippen molar-refractivity contribution < 1.29 is 4.39 Å². The van der Waals surface area contributed by atoms with Crippen molar-refractivity contribution in [2.75, 3.05) is 11.4 Å². The SMILES string of the molecule is Cc1nc(C)c(F)c(N2CCc3c([nH]c(=O)[nH]c3=O)C2)n1. The van der Waals surface area contributed by atoms with Gasteiger partial charge in [0, 0.05) is 17.8 Å². The van der Waals surface area contributed by atoms with E-state index in [9.17, 15) is 14.0 Å². The highest BCUT2D eigenvalue weighted by Gasteiger charge is 2.24.